The van der Waals surface area contributed by atoms with E-state index in [1.165, 1.54) is 18.7 Å². The first kappa shape index (κ1) is 18.8. The summed E-state index contributed by atoms with van der Waals surface area (Å²) in [4.78, 5) is 25.0. The number of hydrogen-bond acceptors (Lipinski definition) is 5. The van der Waals surface area contributed by atoms with E-state index in [9.17, 15) is 9.59 Å². The van der Waals surface area contributed by atoms with Crippen LogP contribution in [-0.4, -0.2) is 34.7 Å². The molecule has 3 aromatic rings. The molecule has 1 heterocycles. The number of halogens is 1. The molecule has 3 rings (SSSR count). The normalized spacial score (nSPS) is 11.7. The average molecular weight is 429 g/mol. The molecule has 0 amide bonds. The Bertz CT molecular complexity index is 952. The number of carbonyl (C=O) groups is 2. The highest BCUT2D eigenvalue weighted by molar-refractivity contribution is 9.10. The number of Topliss-reactive ketones (excluding diaryl/α,β-unsaturated/α-hetero) is 1. The van der Waals surface area contributed by atoms with Crippen molar-refractivity contribution in [3.8, 4) is 11.4 Å². The van der Waals surface area contributed by atoms with Crippen LogP contribution in [0.15, 0.2) is 65.3 Å². The number of nitrogens with zero attached hydrogens (tertiary/aromatic N) is 2. The van der Waals surface area contributed by atoms with Crippen molar-refractivity contribution in [3.05, 3.63) is 76.5 Å². The molecule has 0 bridgehead atoms. The first-order chi connectivity index (χ1) is 13.0. The zero-order valence-corrected chi connectivity index (χ0v) is 16.3. The van der Waals surface area contributed by atoms with Gasteiger partial charge in [0, 0.05) is 10.0 Å². The van der Waals surface area contributed by atoms with Crippen molar-refractivity contribution in [1.29, 1.82) is 0 Å². The lowest BCUT2D eigenvalue weighted by Crippen LogP contribution is -2.25. The molecule has 0 aliphatic rings. The Labute approximate surface area is 164 Å². The number of rotatable bonds is 6. The maximum absolute atomic E-state index is 12.5. The lowest BCUT2D eigenvalue weighted by molar-refractivity contribution is 0.0310. The van der Waals surface area contributed by atoms with E-state index in [1.807, 2.05) is 30.3 Å². The SMILES string of the molecule is COc1cn(-c2ccccc2)nc1C(=O)OC(C)C(=O)c1ccc(Br)cc1. The van der Waals surface area contributed by atoms with E-state index in [0.29, 0.717) is 5.56 Å². The van der Waals surface area contributed by atoms with Gasteiger partial charge in [0.1, 0.15) is 0 Å². The largest absolute Gasteiger partial charge is 0.493 e. The van der Waals surface area contributed by atoms with Gasteiger partial charge in [0.05, 0.1) is 19.0 Å². The molecule has 6 nitrogen and oxygen atoms in total. The third-order valence-electron chi connectivity index (χ3n) is 3.90. The summed E-state index contributed by atoms with van der Waals surface area (Å²) >= 11 is 3.32. The number of ether oxygens (including phenoxy) is 2. The Kier molecular flexibility index (Phi) is 5.71. The molecular formula is C20H17BrN2O4. The van der Waals surface area contributed by atoms with Gasteiger partial charge in [0.2, 0.25) is 11.5 Å². The van der Waals surface area contributed by atoms with Gasteiger partial charge in [-0.2, -0.15) is 5.10 Å². The molecule has 0 aliphatic carbocycles. The molecule has 0 aliphatic heterocycles. The molecule has 27 heavy (non-hydrogen) atoms. The minimum Gasteiger partial charge on any atom is -0.493 e. The maximum atomic E-state index is 12.5. The predicted octanol–water partition coefficient (Wildman–Crippen LogP) is 4.07. The molecule has 138 valence electrons. The lowest BCUT2D eigenvalue weighted by atomic mass is 10.1. The van der Waals surface area contributed by atoms with Crippen molar-refractivity contribution >= 4 is 27.7 Å². The molecule has 0 fully saturated rings. The van der Waals surface area contributed by atoms with Gasteiger partial charge in [-0.05, 0) is 31.2 Å². The van der Waals surface area contributed by atoms with Crippen LogP contribution in [0.4, 0.5) is 0 Å². The molecule has 0 spiro atoms. The molecule has 1 aromatic heterocycles. The van der Waals surface area contributed by atoms with Gasteiger partial charge in [0.15, 0.2) is 11.9 Å². The van der Waals surface area contributed by atoms with E-state index >= 15 is 0 Å². The number of ketones is 1. The number of esters is 1. The Morgan fingerprint density at radius 3 is 2.37 bits per heavy atom. The highest BCUT2D eigenvalue weighted by Crippen LogP contribution is 2.21. The van der Waals surface area contributed by atoms with E-state index in [2.05, 4.69) is 21.0 Å². The van der Waals surface area contributed by atoms with Gasteiger partial charge >= 0.3 is 5.97 Å². The number of benzene rings is 2. The van der Waals surface area contributed by atoms with Crippen LogP contribution in [0.5, 0.6) is 5.75 Å². The molecule has 0 radical (unpaired) electrons. The molecular weight excluding hydrogens is 412 g/mol. The van der Waals surface area contributed by atoms with Crippen molar-refractivity contribution in [1.82, 2.24) is 9.78 Å². The molecule has 2 aromatic carbocycles. The van der Waals surface area contributed by atoms with Crippen LogP contribution in [0.1, 0.15) is 27.8 Å². The first-order valence-electron chi connectivity index (χ1n) is 8.19. The first-order valence-corrected chi connectivity index (χ1v) is 8.98. The number of para-hydroxylation sites is 1. The standard InChI is InChI=1S/C20H17BrN2O4/c1-13(19(24)14-8-10-15(21)11-9-14)27-20(25)18-17(26-2)12-23(22-18)16-6-4-3-5-7-16/h3-13H,1-2H3. The highest BCUT2D eigenvalue weighted by atomic mass is 79.9. The topological polar surface area (TPSA) is 70.4 Å². The Morgan fingerprint density at radius 1 is 1.07 bits per heavy atom. The smallest absolute Gasteiger partial charge is 0.363 e. The summed E-state index contributed by atoms with van der Waals surface area (Å²) in [6.45, 7) is 1.53. The van der Waals surface area contributed by atoms with Crippen LogP contribution in [0.3, 0.4) is 0 Å². The fourth-order valence-electron chi connectivity index (χ4n) is 2.48. The van der Waals surface area contributed by atoms with Gasteiger partial charge in [-0.15, -0.1) is 0 Å². The molecule has 7 heteroatoms. The summed E-state index contributed by atoms with van der Waals surface area (Å²) in [5.41, 5.74) is 1.24. The van der Waals surface area contributed by atoms with Gasteiger partial charge in [0.25, 0.3) is 0 Å². The molecule has 1 atom stereocenters. The number of hydrogen-bond donors (Lipinski definition) is 0. The average Bonchev–Trinajstić information content (AvgIpc) is 3.13. The molecule has 0 saturated heterocycles. The van der Waals surface area contributed by atoms with Crippen LogP contribution in [0.2, 0.25) is 0 Å². The lowest BCUT2D eigenvalue weighted by Gasteiger charge is -2.12. The van der Waals surface area contributed by atoms with Crippen LogP contribution >= 0.6 is 15.9 Å². The van der Waals surface area contributed by atoms with Crippen LogP contribution in [0.25, 0.3) is 5.69 Å². The van der Waals surface area contributed by atoms with Crippen molar-refractivity contribution in [2.24, 2.45) is 0 Å². The zero-order chi connectivity index (χ0) is 19.4. The molecule has 0 N–H and O–H groups in total. The number of methoxy groups -OCH3 is 1. The van der Waals surface area contributed by atoms with E-state index in [-0.39, 0.29) is 17.2 Å². The van der Waals surface area contributed by atoms with Crippen molar-refractivity contribution in [2.45, 2.75) is 13.0 Å². The van der Waals surface area contributed by atoms with E-state index < -0.39 is 12.1 Å². The van der Waals surface area contributed by atoms with Crippen molar-refractivity contribution in [3.63, 3.8) is 0 Å². The van der Waals surface area contributed by atoms with Crippen LogP contribution in [0, 0.1) is 0 Å². The second-order valence-corrected chi connectivity index (χ2v) is 6.66. The summed E-state index contributed by atoms with van der Waals surface area (Å²) in [6.07, 6.45) is 0.637. The Morgan fingerprint density at radius 2 is 1.74 bits per heavy atom. The fraction of sp³-hybridized carbons (Fsp3) is 0.150. The van der Waals surface area contributed by atoms with E-state index in [0.717, 1.165) is 10.2 Å². The van der Waals surface area contributed by atoms with Crippen LogP contribution < -0.4 is 4.74 Å². The monoisotopic (exact) mass is 428 g/mol. The van der Waals surface area contributed by atoms with E-state index in [4.69, 9.17) is 9.47 Å². The summed E-state index contributed by atoms with van der Waals surface area (Å²) in [6, 6.07) is 16.2. The predicted molar refractivity (Wildman–Crippen MR) is 103 cm³/mol. The second kappa shape index (κ2) is 8.18. The van der Waals surface area contributed by atoms with Gasteiger partial charge in [-0.25, -0.2) is 9.48 Å². The van der Waals surface area contributed by atoms with Gasteiger partial charge in [-0.1, -0.05) is 46.3 Å². The van der Waals surface area contributed by atoms with Crippen molar-refractivity contribution in [2.75, 3.05) is 7.11 Å². The summed E-state index contributed by atoms with van der Waals surface area (Å²) in [5, 5.41) is 4.25. The van der Waals surface area contributed by atoms with E-state index in [1.54, 1.807) is 30.5 Å². The third kappa shape index (κ3) is 4.25. The fourth-order valence-corrected chi connectivity index (χ4v) is 2.74. The summed E-state index contributed by atoms with van der Waals surface area (Å²) < 4.78 is 12.9. The quantitative estimate of drug-likeness (QED) is 0.437. The van der Waals surface area contributed by atoms with Gasteiger partial charge in [-0.3, -0.25) is 4.79 Å². The molecule has 1 unspecified atom stereocenters. The molecule has 0 saturated carbocycles. The number of aromatic nitrogens is 2. The summed E-state index contributed by atoms with van der Waals surface area (Å²) in [7, 11) is 1.44. The minimum atomic E-state index is -0.953. The third-order valence-corrected chi connectivity index (χ3v) is 4.43. The highest BCUT2D eigenvalue weighted by Gasteiger charge is 2.25. The Hall–Kier alpha value is -2.93. The van der Waals surface area contributed by atoms with Crippen LogP contribution in [-0.2, 0) is 4.74 Å². The van der Waals surface area contributed by atoms with Crippen molar-refractivity contribution < 1.29 is 19.1 Å². The summed E-state index contributed by atoms with van der Waals surface area (Å²) in [5.74, 6) is -0.746. The zero-order valence-electron chi connectivity index (χ0n) is 14.8. The van der Waals surface area contributed by atoms with Gasteiger partial charge < -0.3 is 9.47 Å². The Balaban J connectivity index is 1.78. The minimum absolute atomic E-state index is 0.0109. The number of carbonyl (C=O) groups excluding carboxylic acids is 2. The maximum Gasteiger partial charge on any atom is 0.363 e. The second-order valence-electron chi connectivity index (χ2n) is 5.74.